The van der Waals surface area contributed by atoms with Gasteiger partial charge in [-0.25, -0.2) is 13.1 Å². The summed E-state index contributed by atoms with van der Waals surface area (Å²) in [6.45, 7) is 1.41. The Bertz CT molecular complexity index is 811. The van der Waals surface area contributed by atoms with Gasteiger partial charge in [0.2, 0.25) is 10.0 Å². The third kappa shape index (κ3) is 4.50. The average Bonchev–Trinajstić information content (AvgIpc) is 3.08. The highest BCUT2D eigenvalue weighted by Gasteiger charge is 2.24. The van der Waals surface area contributed by atoms with E-state index < -0.39 is 22.0 Å². The van der Waals surface area contributed by atoms with Crippen LogP contribution in [0.2, 0.25) is 0 Å². The van der Waals surface area contributed by atoms with Gasteiger partial charge in [0.15, 0.2) is 5.78 Å². The number of methoxy groups -OCH3 is 1. The molecule has 1 aromatic carbocycles. The van der Waals surface area contributed by atoms with Crippen molar-refractivity contribution in [2.24, 2.45) is 0 Å². The number of hydrogen-bond donors (Lipinski definition) is 1. The summed E-state index contributed by atoms with van der Waals surface area (Å²) in [5.41, 5.74) is 0.429. The fraction of sp³-hybridized carbons (Fsp3) is 0.250. The molecule has 8 heteroatoms. The number of carbonyl (C=O) groups excluding carboxylic acids is 2. The van der Waals surface area contributed by atoms with Gasteiger partial charge in [-0.3, -0.25) is 9.59 Å². The molecule has 1 heterocycles. The predicted octanol–water partition coefficient (Wildman–Crippen LogP) is 2.53. The lowest BCUT2D eigenvalue weighted by molar-refractivity contribution is -0.141. The number of Topliss-reactive ketones (excluding diaryl/α,β-unsaturated/α-hetero) is 1. The molecule has 0 aliphatic heterocycles. The van der Waals surface area contributed by atoms with E-state index in [0.29, 0.717) is 10.4 Å². The summed E-state index contributed by atoms with van der Waals surface area (Å²) >= 11 is 1.35. The van der Waals surface area contributed by atoms with Gasteiger partial charge in [0.1, 0.15) is 0 Å². The topological polar surface area (TPSA) is 89.5 Å². The molecule has 1 atom stereocenters. The number of nitrogens with one attached hydrogen (secondary N) is 1. The van der Waals surface area contributed by atoms with Crippen LogP contribution in [0.5, 0.6) is 0 Å². The summed E-state index contributed by atoms with van der Waals surface area (Å²) in [5, 5.41) is 1.80. The lowest BCUT2D eigenvalue weighted by atomic mass is 10.2. The normalized spacial score (nSPS) is 12.6. The molecule has 0 saturated carbocycles. The average molecular weight is 367 g/mol. The lowest BCUT2D eigenvalue weighted by Crippen LogP contribution is -2.30. The van der Waals surface area contributed by atoms with Crippen LogP contribution in [0.4, 0.5) is 0 Å². The zero-order chi connectivity index (χ0) is 17.7. The van der Waals surface area contributed by atoms with Crippen LogP contribution in [0.25, 0.3) is 0 Å². The van der Waals surface area contributed by atoms with Gasteiger partial charge in [0, 0.05) is 10.4 Å². The van der Waals surface area contributed by atoms with E-state index in [-0.39, 0.29) is 17.1 Å². The quantitative estimate of drug-likeness (QED) is 0.600. The third-order valence-corrected chi connectivity index (χ3v) is 5.83. The van der Waals surface area contributed by atoms with E-state index in [0.717, 1.165) is 0 Å². The van der Waals surface area contributed by atoms with Gasteiger partial charge in [-0.15, -0.1) is 11.3 Å². The van der Waals surface area contributed by atoms with Gasteiger partial charge in [-0.05, 0) is 30.5 Å². The number of hydrogen-bond acceptors (Lipinski definition) is 6. The third-order valence-electron chi connectivity index (χ3n) is 3.35. The van der Waals surface area contributed by atoms with Crippen molar-refractivity contribution < 1.29 is 22.7 Å². The van der Waals surface area contributed by atoms with E-state index in [1.807, 2.05) is 0 Å². The Hall–Kier alpha value is -2.03. The summed E-state index contributed by atoms with van der Waals surface area (Å²) < 4.78 is 32.2. The Morgan fingerprint density at radius 3 is 2.38 bits per heavy atom. The number of ketones is 1. The molecule has 0 bridgehead atoms. The first kappa shape index (κ1) is 18.3. The zero-order valence-electron chi connectivity index (χ0n) is 13.2. The van der Waals surface area contributed by atoms with Crippen molar-refractivity contribution in [3.05, 3.63) is 52.2 Å². The molecule has 6 nitrogen and oxygen atoms in total. The Morgan fingerprint density at radius 2 is 1.88 bits per heavy atom. The first-order valence-electron chi connectivity index (χ1n) is 7.07. The molecule has 2 aromatic rings. The van der Waals surface area contributed by atoms with Crippen molar-refractivity contribution in [2.45, 2.75) is 24.3 Å². The minimum atomic E-state index is -3.84. The van der Waals surface area contributed by atoms with Gasteiger partial charge in [0.25, 0.3) is 0 Å². The van der Waals surface area contributed by atoms with Gasteiger partial charge in [-0.2, -0.15) is 0 Å². The fourth-order valence-electron chi connectivity index (χ4n) is 2.06. The van der Waals surface area contributed by atoms with Crippen LogP contribution in [-0.2, 0) is 19.6 Å². The van der Waals surface area contributed by atoms with Crippen LogP contribution < -0.4 is 4.72 Å². The highest BCUT2D eigenvalue weighted by atomic mass is 32.2. The molecular weight excluding hydrogens is 350 g/mol. The minimum Gasteiger partial charge on any atom is -0.469 e. The number of thiophene rings is 1. The van der Waals surface area contributed by atoms with Crippen LogP contribution in [0.3, 0.4) is 0 Å². The van der Waals surface area contributed by atoms with Gasteiger partial charge < -0.3 is 4.74 Å². The van der Waals surface area contributed by atoms with Crippen LogP contribution in [0, 0.1) is 0 Å². The first-order chi connectivity index (χ1) is 11.3. The molecule has 0 aliphatic carbocycles. The second-order valence-corrected chi connectivity index (χ2v) is 7.74. The first-order valence-corrected chi connectivity index (χ1v) is 9.43. The maximum absolute atomic E-state index is 12.5. The molecule has 1 aromatic heterocycles. The molecule has 1 N–H and O–H groups in total. The van der Waals surface area contributed by atoms with Crippen molar-refractivity contribution in [2.75, 3.05) is 7.11 Å². The van der Waals surface area contributed by atoms with Crippen LogP contribution in [0.1, 0.15) is 34.6 Å². The Balaban J connectivity index is 2.26. The molecule has 0 spiro atoms. The number of rotatable bonds is 7. The highest BCUT2D eigenvalue weighted by molar-refractivity contribution is 7.89. The molecule has 24 heavy (non-hydrogen) atoms. The number of benzene rings is 1. The van der Waals surface area contributed by atoms with Crippen molar-refractivity contribution in [1.29, 1.82) is 0 Å². The van der Waals surface area contributed by atoms with Gasteiger partial charge in [0.05, 0.1) is 24.5 Å². The molecular formula is C16H17NO5S2. The summed E-state index contributed by atoms with van der Waals surface area (Å²) in [6, 6.07) is 8.45. The summed E-state index contributed by atoms with van der Waals surface area (Å²) in [5.74, 6) is -0.655. The molecule has 0 radical (unpaired) electrons. The molecule has 2 rings (SSSR count). The van der Waals surface area contributed by atoms with Crippen molar-refractivity contribution in [3.63, 3.8) is 0 Å². The summed E-state index contributed by atoms with van der Waals surface area (Å²) in [4.78, 5) is 23.6. The smallest absolute Gasteiger partial charge is 0.307 e. The standard InChI is InChI=1S/C16H17NO5S2/c1-11(18)12-5-7-13(8-6-12)24(20,21)17-14(10-16(19)22-2)15-4-3-9-23-15/h3-9,14,17H,10H2,1-2H3. The second kappa shape index (κ2) is 7.69. The zero-order valence-corrected chi connectivity index (χ0v) is 14.8. The fourth-order valence-corrected chi connectivity index (χ4v) is 4.13. The Kier molecular flexibility index (Phi) is 5.87. The van der Waals surface area contributed by atoms with Gasteiger partial charge in [-0.1, -0.05) is 18.2 Å². The minimum absolute atomic E-state index is 0.0268. The second-order valence-electron chi connectivity index (χ2n) is 5.05. The predicted molar refractivity (Wildman–Crippen MR) is 90.5 cm³/mol. The number of ether oxygens (including phenoxy) is 1. The summed E-state index contributed by atoms with van der Waals surface area (Å²) in [6.07, 6.45) is -0.109. The van der Waals surface area contributed by atoms with E-state index in [2.05, 4.69) is 9.46 Å². The molecule has 0 saturated heterocycles. The van der Waals surface area contributed by atoms with Crippen molar-refractivity contribution in [1.82, 2.24) is 4.72 Å². The number of esters is 1. The Labute approximate surface area is 144 Å². The maximum atomic E-state index is 12.5. The summed E-state index contributed by atoms with van der Waals surface area (Å²) in [7, 11) is -2.59. The molecule has 128 valence electrons. The van der Waals surface area contributed by atoms with Crippen LogP contribution in [-0.4, -0.2) is 27.3 Å². The molecule has 1 unspecified atom stereocenters. The van der Waals surface area contributed by atoms with E-state index in [4.69, 9.17) is 0 Å². The largest absolute Gasteiger partial charge is 0.469 e. The van der Waals surface area contributed by atoms with E-state index in [1.54, 1.807) is 17.5 Å². The van der Waals surface area contributed by atoms with Crippen molar-refractivity contribution in [3.8, 4) is 0 Å². The van der Waals surface area contributed by atoms with E-state index >= 15 is 0 Å². The number of sulfonamides is 1. The Morgan fingerprint density at radius 1 is 1.21 bits per heavy atom. The molecule has 0 amide bonds. The van der Waals surface area contributed by atoms with Crippen LogP contribution >= 0.6 is 11.3 Å². The SMILES string of the molecule is COC(=O)CC(NS(=O)(=O)c1ccc(C(C)=O)cc1)c1cccs1. The lowest BCUT2D eigenvalue weighted by Gasteiger charge is -2.16. The van der Waals surface area contributed by atoms with Crippen LogP contribution in [0.15, 0.2) is 46.7 Å². The van der Waals surface area contributed by atoms with Crippen molar-refractivity contribution >= 4 is 33.1 Å². The maximum Gasteiger partial charge on any atom is 0.307 e. The molecule has 0 aliphatic rings. The monoisotopic (exact) mass is 367 g/mol. The van der Waals surface area contributed by atoms with Gasteiger partial charge >= 0.3 is 5.97 Å². The van der Waals surface area contributed by atoms with E-state index in [1.165, 1.54) is 49.6 Å². The highest BCUT2D eigenvalue weighted by Crippen LogP contribution is 2.25. The number of carbonyl (C=O) groups is 2. The molecule has 0 fully saturated rings. The van der Waals surface area contributed by atoms with E-state index in [9.17, 15) is 18.0 Å².